The Labute approximate surface area is 120 Å². The van der Waals surface area contributed by atoms with Crippen molar-refractivity contribution in [2.24, 2.45) is 10.8 Å². The molecule has 0 aromatic carbocycles. The first-order chi connectivity index (χ1) is 9.23. The lowest BCUT2D eigenvalue weighted by Crippen LogP contribution is -3.49. The molecule has 20 heavy (non-hydrogen) atoms. The molecule has 4 aliphatic rings. The Morgan fingerprint density at radius 1 is 1.10 bits per heavy atom. The van der Waals surface area contributed by atoms with Crippen LogP contribution in [0.15, 0.2) is 0 Å². The van der Waals surface area contributed by atoms with Crippen molar-refractivity contribution in [3.05, 3.63) is 0 Å². The van der Waals surface area contributed by atoms with Gasteiger partial charge in [-0.25, -0.2) is 0 Å². The van der Waals surface area contributed by atoms with Gasteiger partial charge in [-0.1, -0.05) is 0 Å². The van der Waals surface area contributed by atoms with Crippen LogP contribution < -0.4 is 9.80 Å². The Morgan fingerprint density at radius 3 is 1.95 bits per heavy atom. The summed E-state index contributed by atoms with van der Waals surface area (Å²) in [7, 11) is 0. The van der Waals surface area contributed by atoms with E-state index >= 15 is 0 Å². The predicted octanol–water partition coefficient (Wildman–Crippen LogP) is -1.95. The highest BCUT2D eigenvalue weighted by Crippen LogP contribution is 2.36. The van der Waals surface area contributed by atoms with Crippen molar-refractivity contribution < 1.29 is 24.1 Å². The van der Waals surface area contributed by atoms with E-state index in [4.69, 9.17) is 4.74 Å². The maximum atomic E-state index is 12.6. The molecule has 0 saturated carbocycles. The first-order valence-electron chi connectivity index (χ1n) is 7.64. The average molecular weight is 282 g/mol. The predicted molar refractivity (Wildman–Crippen MR) is 72.3 cm³/mol. The molecule has 0 unspecified atom stereocenters. The molecule has 0 atom stereocenters. The molecule has 0 amide bonds. The molecule has 0 aliphatic carbocycles. The summed E-state index contributed by atoms with van der Waals surface area (Å²) in [5.74, 6) is 0.333. The van der Waals surface area contributed by atoms with Gasteiger partial charge in [0.1, 0.15) is 10.8 Å². The minimum atomic E-state index is -0.204. The summed E-state index contributed by atoms with van der Waals surface area (Å²) >= 11 is 0. The zero-order valence-electron chi connectivity index (χ0n) is 13.0. The molecule has 4 bridgehead atoms. The Bertz CT molecular complexity index is 434. The van der Waals surface area contributed by atoms with Crippen molar-refractivity contribution in [3.63, 3.8) is 0 Å². The number of carbonyl (C=O) groups is 2. The van der Waals surface area contributed by atoms with E-state index < -0.39 is 0 Å². The highest BCUT2D eigenvalue weighted by Gasteiger charge is 2.72. The van der Waals surface area contributed by atoms with Gasteiger partial charge in [-0.15, -0.1) is 0 Å². The van der Waals surface area contributed by atoms with Gasteiger partial charge in [0.05, 0.1) is 32.8 Å². The number of rotatable bonds is 3. The molecule has 0 aromatic heterocycles. The fourth-order valence-electron chi connectivity index (χ4n) is 4.96. The molecule has 4 fully saturated rings. The van der Waals surface area contributed by atoms with Gasteiger partial charge >= 0.3 is 5.97 Å². The van der Waals surface area contributed by atoms with Gasteiger partial charge in [0.2, 0.25) is 5.66 Å². The minimum Gasteiger partial charge on any atom is -0.466 e. The van der Waals surface area contributed by atoms with Gasteiger partial charge in [0, 0.05) is 6.92 Å². The van der Waals surface area contributed by atoms with E-state index in [1.807, 2.05) is 6.92 Å². The van der Waals surface area contributed by atoms with Crippen LogP contribution in [0.3, 0.4) is 0 Å². The summed E-state index contributed by atoms with van der Waals surface area (Å²) in [4.78, 5) is 27.4. The summed E-state index contributed by atoms with van der Waals surface area (Å²) in [5, 5.41) is 0. The molecule has 0 spiro atoms. The number of ether oxygens (including phenoxy) is 1. The maximum absolute atomic E-state index is 12.6. The van der Waals surface area contributed by atoms with E-state index in [-0.39, 0.29) is 22.5 Å². The second-order valence-corrected chi connectivity index (χ2v) is 7.68. The fourth-order valence-corrected chi connectivity index (χ4v) is 4.96. The van der Waals surface area contributed by atoms with Crippen molar-refractivity contribution in [1.29, 1.82) is 0 Å². The highest BCUT2D eigenvalue weighted by molar-refractivity contribution is 5.91. The molecule has 112 valence electrons. The maximum Gasteiger partial charge on any atom is 0.318 e. The van der Waals surface area contributed by atoms with Crippen molar-refractivity contribution >= 4 is 11.8 Å². The van der Waals surface area contributed by atoms with E-state index in [1.165, 1.54) is 9.80 Å². The lowest BCUT2D eigenvalue weighted by molar-refractivity contribution is -1.20. The van der Waals surface area contributed by atoms with Crippen molar-refractivity contribution in [2.45, 2.75) is 39.8 Å². The van der Waals surface area contributed by atoms with Crippen LogP contribution in [0.25, 0.3) is 0 Å². The summed E-state index contributed by atoms with van der Waals surface area (Å²) in [6.45, 7) is 12.1. The van der Waals surface area contributed by atoms with Gasteiger partial charge in [0.15, 0.2) is 12.2 Å². The zero-order valence-corrected chi connectivity index (χ0v) is 13.0. The monoisotopic (exact) mass is 282 g/mol. The molecule has 0 aromatic rings. The van der Waals surface area contributed by atoms with Gasteiger partial charge in [-0.2, -0.15) is 0 Å². The molecule has 5 heteroatoms. The lowest BCUT2D eigenvalue weighted by Gasteiger charge is -2.62. The molecular formula is C15H26N2O3+2. The van der Waals surface area contributed by atoms with Gasteiger partial charge < -0.3 is 4.74 Å². The molecular weight excluding hydrogens is 256 g/mol. The number of carbonyl (C=O) groups excluding carboxylic acids is 2. The number of nitrogens with one attached hydrogen (secondary N) is 2. The van der Waals surface area contributed by atoms with E-state index in [2.05, 4.69) is 20.8 Å². The molecule has 0 radical (unpaired) electrons. The average Bonchev–Trinajstić information content (AvgIpc) is 2.31. The van der Waals surface area contributed by atoms with Crippen LogP contribution >= 0.6 is 0 Å². The molecule has 2 N–H and O–H groups in total. The van der Waals surface area contributed by atoms with Crippen LogP contribution in [0, 0.1) is 10.8 Å². The van der Waals surface area contributed by atoms with Crippen LogP contribution in [-0.2, 0) is 14.3 Å². The van der Waals surface area contributed by atoms with Crippen LogP contribution in [0.1, 0.15) is 34.1 Å². The van der Waals surface area contributed by atoms with Crippen LogP contribution in [0.2, 0.25) is 0 Å². The van der Waals surface area contributed by atoms with Crippen molar-refractivity contribution in [2.75, 3.05) is 32.8 Å². The fraction of sp³-hybridized carbons (Fsp3) is 0.867. The third kappa shape index (κ3) is 1.69. The number of hydrogen-bond acceptors (Lipinski definition) is 3. The highest BCUT2D eigenvalue weighted by atomic mass is 16.5. The van der Waals surface area contributed by atoms with Gasteiger partial charge in [-0.3, -0.25) is 19.4 Å². The Kier molecular flexibility index (Phi) is 2.83. The zero-order chi connectivity index (χ0) is 14.8. The summed E-state index contributed by atoms with van der Waals surface area (Å²) in [5.41, 5.74) is -0.542. The molecule has 4 rings (SSSR count). The van der Waals surface area contributed by atoms with E-state index in [0.717, 1.165) is 26.2 Å². The second kappa shape index (κ2) is 4.04. The van der Waals surface area contributed by atoms with E-state index in [0.29, 0.717) is 18.8 Å². The van der Waals surface area contributed by atoms with Crippen molar-refractivity contribution in [3.8, 4) is 0 Å². The van der Waals surface area contributed by atoms with Crippen molar-refractivity contribution in [1.82, 2.24) is 0 Å². The summed E-state index contributed by atoms with van der Waals surface area (Å²) in [6, 6.07) is 0. The minimum absolute atomic E-state index is 0.107. The molecule has 4 saturated heterocycles. The first kappa shape index (κ1) is 14.0. The first-order valence-corrected chi connectivity index (χ1v) is 7.64. The number of quaternary nitrogens is 2. The number of piperidine rings is 2. The SMILES string of the molecule is CCOC(=O)CC1(C)[NH+]2CC3(C)C[NH+]1CC(C)(C2)C3=O. The van der Waals surface area contributed by atoms with Gasteiger partial charge in [-0.05, 0) is 20.8 Å². The standard InChI is InChI=1S/C15H24N2O3/c1-5-20-11(18)6-15(4)16-7-13(2)8-17(15)10-14(3,9-16)12(13)19/h5-10H2,1-4H3/p+2. The Morgan fingerprint density at radius 2 is 1.55 bits per heavy atom. The smallest absolute Gasteiger partial charge is 0.318 e. The third-order valence-electron chi connectivity index (χ3n) is 5.87. The van der Waals surface area contributed by atoms with Crippen LogP contribution in [-0.4, -0.2) is 50.2 Å². The quantitative estimate of drug-likeness (QED) is 0.592. The molecule has 5 nitrogen and oxygen atoms in total. The van der Waals surface area contributed by atoms with E-state index in [1.54, 1.807) is 0 Å². The number of ketones is 1. The van der Waals surface area contributed by atoms with Crippen LogP contribution in [0.5, 0.6) is 0 Å². The molecule has 4 aliphatic heterocycles. The Balaban J connectivity index is 1.88. The largest absolute Gasteiger partial charge is 0.466 e. The van der Waals surface area contributed by atoms with E-state index in [9.17, 15) is 9.59 Å². The second-order valence-electron chi connectivity index (χ2n) is 7.68. The lowest BCUT2D eigenvalue weighted by atomic mass is 9.60. The molecule has 4 heterocycles. The Hall–Kier alpha value is -0.940. The third-order valence-corrected chi connectivity index (χ3v) is 5.87. The van der Waals surface area contributed by atoms with Crippen LogP contribution in [0.4, 0.5) is 0 Å². The normalized spacial score (nSPS) is 49.5. The number of Topliss-reactive ketones (excluding diaryl/α,β-unsaturated/α-hetero) is 1. The van der Waals surface area contributed by atoms with Gasteiger partial charge in [0.25, 0.3) is 0 Å². The number of hydrogen-bond donors (Lipinski definition) is 2. The topological polar surface area (TPSA) is 52.2 Å². The summed E-state index contributed by atoms with van der Waals surface area (Å²) in [6.07, 6.45) is 0.450. The summed E-state index contributed by atoms with van der Waals surface area (Å²) < 4.78 is 5.15. The number of esters is 1.